The van der Waals surface area contributed by atoms with Crippen LogP contribution in [0.15, 0.2) is 4.99 Å². The van der Waals surface area contributed by atoms with Crippen LogP contribution in [0.25, 0.3) is 0 Å². The summed E-state index contributed by atoms with van der Waals surface area (Å²) in [7, 11) is -3.69. The van der Waals surface area contributed by atoms with E-state index in [4.69, 9.17) is 4.89 Å². The largest absolute Gasteiger partial charge is 0.472 e. The maximum atomic E-state index is 10.5. The molecule has 1 saturated heterocycles. The van der Waals surface area contributed by atoms with Crippen LogP contribution >= 0.6 is 7.82 Å². The Balaban J connectivity index is 0.000000163. The van der Waals surface area contributed by atoms with Crippen LogP contribution in [0, 0.1) is 0 Å². The first-order chi connectivity index (χ1) is 7.57. The van der Waals surface area contributed by atoms with Crippen molar-refractivity contribution in [1.29, 1.82) is 0 Å². The Labute approximate surface area is 95.9 Å². The highest BCUT2D eigenvalue weighted by molar-refractivity contribution is 7.47. The average molecular weight is 250 g/mol. The van der Waals surface area contributed by atoms with Crippen molar-refractivity contribution >= 4 is 14.2 Å². The molecule has 0 aromatic rings. The number of hydrogen-bond donors (Lipinski definition) is 1. The molecule has 2 bridgehead atoms. The Morgan fingerprint density at radius 1 is 1.50 bits per heavy atom. The van der Waals surface area contributed by atoms with Crippen molar-refractivity contribution in [2.75, 3.05) is 26.3 Å². The van der Waals surface area contributed by atoms with Crippen LogP contribution in [-0.2, 0) is 13.6 Å². The Morgan fingerprint density at radius 2 is 2.12 bits per heavy atom. The van der Waals surface area contributed by atoms with Gasteiger partial charge in [-0.15, -0.1) is 0 Å². The van der Waals surface area contributed by atoms with Crippen molar-refractivity contribution in [3.63, 3.8) is 0 Å². The van der Waals surface area contributed by atoms with Gasteiger partial charge in [0.15, 0.2) is 0 Å². The van der Waals surface area contributed by atoms with Crippen molar-refractivity contribution in [3.8, 4) is 0 Å². The molecule has 16 heavy (non-hydrogen) atoms. The molecule has 94 valence electrons. The van der Waals surface area contributed by atoms with Crippen molar-refractivity contribution in [1.82, 2.24) is 4.90 Å². The van der Waals surface area contributed by atoms with Crippen LogP contribution in [0.1, 0.15) is 20.3 Å². The number of nitrogens with zero attached hydrogens (tertiary/aromatic N) is 2. The van der Waals surface area contributed by atoms with E-state index in [2.05, 4.69) is 18.9 Å². The minimum absolute atomic E-state index is 0.188. The first-order valence-electron chi connectivity index (χ1n) is 5.46. The normalized spacial score (nSPS) is 22.2. The fourth-order valence-electron chi connectivity index (χ4n) is 1.55. The molecule has 1 atom stereocenters. The number of phosphoric acid groups is 1. The number of hydrogen-bond acceptors (Lipinski definition) is 5. The van der Waals surface area contributed by atoms with Crippen LogP contribution in [0.3, 0.4) is 0 Å². The number of fused-ring (bicyclic) bond motifs is 2. The highest BCUT2D eigenvalue weighted by Gasteiger charge is 2.23. The molecule has 1 fully saturated rings. The first-order valence-corrected chi connectivity index (χ1v) is 6.96. The fourth-order valence-corrected chi connectivity index (χ4v) is 2.27. The number of aliphatic imine (C=N–C) groups is 1. The molecule has 0 saturated carbocycles. The van der Waals surface area contributed by atoms with E-state index in [9.17, 15) is 4.57 Å². The molecule has 1 unspecified atom stereocenters. The second-order valence-corrected chi connectivity index (χ2v) is 4.96. The van der Waals surface area contributed by atoms with E-state index >= 15 is 0 Å². The summed E-state index contributed by atoms with van der Waals surface area (Å²) in [5, 5.41) is 0. The van der Waals surface area contributed by atoms with E-state index in [0.717, 1.165) is 0 Å². The quantitative estimate of drug-likeness (QED) is 0.760. The van der Waals surface area contributed by atoms with Gasteiger partial charge in [-0.25, -0.2) is 4.57 Å². The zero-order valence-electron chi connectivity index (χ0n) is 9.70. The summed E-state index contributed by atoms with van der Waals surface area (Å²) in [5.74, 6) is 0. The maximum absolute atomic E-state index is 10.5. The Kier molecular flexibility index (Phi) is 5.41. The molecule has 2 aliphatic heterocycles. The standard InChI is InChI=1S/C5H8N2.C4H11O4P/c1-2-7-3-5(1)6-4-7;1-3-7-9(5,6)8-4-2/h4-5H,1-3H2;3-4H2,1-2H3,(H,5,6). The van der Waals surface area contributed by atoms with Gasteiger partial charge >= 0.3 is 7.82 Å². The number of phosphoric ester groups is 1. The van der Waals surface area contributed by atoms with Crippen molar-refractivity contribution in [3.05, 3.63) is 0 Å². The molecule has 2 rings (SSSR count). The molecular weight excluding hydrogens is 231 g/mol. The van der Waals surface area contributed by atoms with Gasteiger partial charge in [-0.05, 0) is 20.3 Å². The SMILES string of the molecule is C1=NC2CCN1C2.CCOP(=O)(O)OCC. The van der Waals surface area contributed by atoms with Gasteiger partial charge in [-0.2, -0.15) is 0 Å². The highest BCUT2D eigenvalue weighted by atomic mass is 31.2. The summed E-state index contributed by atoms with van der Waals surface area (Å²) < 4.78 is 19.2. The first kappa shape index (κ1) is 13.6. The second-order valence-electron chi connectivity index (χ2n) is 3.51. The minimum atomic E-state index is -3.69. The third-order valence-electron chi connectivity index (χ3n) is 2.22. The van der Waals surface area contributed by atoms with Crippen molar-refractivity contribution < 1.29 is 18.5 Å². The molecule has 2 heterocycles. The van der Waals surface area contributed by atoms with Crippen molar-refractivity contribution in [2.24, 2.45) is 4.99 Å². The summed E-state index contributed by atoms with van der Waals surface area (Å²) in [5.41, 5.74) is 0. The molecule has 0 spiro atoms. The van der Waals surface area contributed by atoms with E-state index < -0.39 is 7.82 Å². The topological polar surface area (TPSA) is 71.4 Å². The van der Waals surface area contributed by atoms with E-state index in [-0.39, 0.29) is 13.2 Å². The zero-order valence-corrected chi connectivity index (χ0v) is 10.6. The van der Waals surface area contributed by atoms with Gasteiger partial charge in [0, 0.05) is 13.1 Å². The van der Waals surface area contributed by atoms with Gasteiger partial charge in [0.25, 0.3) is 0 Å². The Bertz CT molecular complexity index is 263. The fraction of sp³-hybridized carbons (Fsp3) is 0.889. The summed E-state index contributed by atoms with van der Waals surface area (Å²) >= 11 is 0. The molecule has 0 aromatic carbocycles. The summed E-state index contributed by atoms with van der Waals surface area (Å²) in [6.45, 7) is 6.07. The smallest absolute Gasteiger partial charge is 0.361 e. The Morgan fingerprint density at radius 3 is 2.31 bits per heavy atom. The van der Waals surface area contributed by atoms with Gasteiger partial charge in [0.05, 0.1) is 25.6 Å². The molecule has 0 aliphatic carbocycles. The molecule has 1 N–H and O–H groups in total. The second kappa shape index (κ2) is 6.35. The van der Waals surface area contributed by atoms with Gasteiger partial charge < -0.3 is 9.79 Å². The van der Waals surface area contributed by atoms with E-state index in [1.54, 1.807) is 13.8 Å². The molecule has 0 amide bonds. The lowest BCUT2D eigenvalue weighted by molar-refractivity contribution is 0.161. The highest BCUT2D eigenvalue weighted by Crippen LogP contribution is 2.42. The maximum Gasteiger partial charge on any atom is 0.472 e. The summed E-state index contributed by atoms with van der Waals surface area (Å²) in [4.78, 5) is 15.1. The predicted octanol–water partition coefficient (Wildman–Crippen LogP) is 1.26. The molecular formula is C9H19N2O4P. The van der Waals surface area contributed by atoms with E-state index in [1.807, 2.05) is 6.34 Å². The van der Waals surface area contributed by atoms with Gasteiger partial charge in [-0.3, -0.25) is 14.0 Å². The van der Waals surface area contributed by atoms with E-state index in [1.165, 1.54) is 19.5 Å². The lowest BCUT2D eigenvalue weighted by Gasteiger charge is -2.07. The zero-order chi connectivity index (χ0) is 12.0. The van der Waals surface area contributed by atoms with Crippen LogP contribution in [0.5, 0.6) is 0 Å². The van der Waals surface area contributed by atoms with Crippen LogP contribution < -0.4 is 0 Å². The van der Waals surface area contributed by atoms with Crippen LogP contribution in [0.4, 0.5) is 0 Å². The van der Waals surface area contributed by atoms with E-state index in [0.29, 0.717) is 6.04 Å². The van der Waals surface area contributed by atoms with Crippen LogP contribution in [0.2, 0.25) is 0 Å². The molecule has 0 aromatic heterocycles. The minimum Gasteiger partial charge on any atom is -0.361 e. The predicted molar refractivity (Wildman–Crippen MR) is 61.5 cm³/mol. The number of rotatable bonds is 4. The molecule has 7 heteroatoms. The molecule has 0 radical (unpaired) electrons. The summed E-state index contributed by atoms with van der Waals surface area (Å²) in [6.07, 6.45) is 3.25. The average Bonchev–Trinajstić information content (AvgIpc) is 2.81. The lowest BCUT2D eigenvalue weighted by Crippen LogP contribution is -2.13. The van der Waals surface area contributed by atoms with Crippen molar-refractivity contribution in [2.45, 2.75) is 26.3 Å². The Hall–Kier alpha value is -0.420. The van der Waals surface area contributed by atoms with Gasteiger partial charge in [-0.1, -0.05) is 0 Å². The third-order valence-corrected chi connectivity index (χ3v) is 3.39. The van der Waals surface area contributed by atoms with Crippen LogP contribution in [-0.4, -0.2) is 48.5 Å². The molecule has 6 nitrogen and oxygen atoms in total. The monoisotopic (exact) mass is 250 g/mol. The molecule has 2 aliphatic rings. The summed E-state index contributed by atoms with van der Waals surface area (Å²) in [6, 6.07) is 0.667. The van der Waals surface area contributed by atoms with Gasteiger partial charge in [0.1, 0.15) is 0 Å². The third kappa shape index (κ3) is 4.61. The lowest BCUT2D eigenvalue weighted by atomic mass is 10.3. The van der Waals surface area contributed by atoms with Gasteiger partial charge in [0.2, 0.25) is 0 Å².